The van der Waals surface area contributed by atoms with Gasteiger partial charge in [-0.3, -0.25) is 0 Å². The van der Waals surface area contributed by atoms with Crippen LogP contribution in [0, 0.1) is 0 Å². The number of guanidine groups is 1. The molecular formula is C19H23F3N4O2. The van der Waals surface area contributed by atoms with Crippen LogP contribution < -0.4 is 20.1 Å². The Morgan fingerprint density at radius 3 is 2.36 bits per heavy atom. The highest BCUT2D eigenvalue weighted by atomic mass is 19.4. The van der Waals surface area contributed by atoms with Crippen molar-refractivity contribution >= 4 is 5.96 Å². The number of hydrogen-bond acceptors (Lipinski definition) is 4. The van der Waals surface area contributed by atoms with Gasteiger partial charge >= 0.3 is 6.18 Å². The second-order valence-corrected chi connectivity index (χ2v) is 5.81. The monoisotopic (exact) mass is 396 g/mol. The van der Waals surface area contributed by atoms with Gasteiger partial charge in [0.05, 0.1) is 13.7 Å². The highest BCUT2D eigenvalue weighted by Crippen LogP contribution is 2.17. The Morgan fingerprint density at radius 2 is 1.79 bits per heavy atom. The van der Waals surface area contributed by atoms with Crippen LogP contribution in [-0.2, 0) is 13.1 Å². The van der Waals surface area contributed by atoms with Crippen LogP contribution in [0.25, 0.3) is 0 Å². The van der Waals surface area contributed by atoms with Crippen LogP contribution in [0.2, 0.25) is 0 Å². The van der Waals surface area contributed by atoms with Crippen LogP contribution in [0.4, 0.5) is 13.2 Å². The SMILES string of the molecule is CCNC(=NCc1ccc(OCC(F)(F)F)nc1)NCc1ccc(OC)cc1. The molecule has 0 spiro atoms. The van der Waals surface area contributed by atoms with Gasteiger partial charge in [0.25, 0.3) is 0 Å². The summed E-state index contributed by atoms with van der Waals surface area (Å²) in [5, 5.41) is 6.36. The maximum absolute atomic E-state index is 12.1. The van der Waals surface area contributed by atoms with E-state index in [1.165, 1.54) is 12.3 Å². The maximum Gasteiger partial charge on any atom is 0.422 e. The standard InChI is InChI=1S/C19H23F3N4O2/c1-3-23-18(25-10-14-4-7-16(27-2)8-5-14)26-12-15-6-9-17(24-11-15)28-13-19(20,21)22/h4-9,11H,3,10,12-13H2,1-2H3,(H2,23,25,26). The number of aromatic nitrogens is 1. The predicted molar refractivity (Wildman–Crippen MR) is 100 cm³/mol. The zero-order chi connectivity index (χ0) is 20.4. The average Bonchev–Trinajstić information content (AvgIpc) is 2.69. The lowest BCUT2D eigenvalue weighted by Gasteiger charge is -2.12. The molecule has 2 N–H and O–H groups in total. The van der Waals surface area contributed by atoms with E-state index in [-0.39, 0.29) is 5.88 Å². The van der Waals surface area contributed by atoms with Crippen LogP contribution in [0.15, 0.2) is 47.6 Å². The lowest BCUT2D eigenvalue weighted by Crippen LogP contribution is -2.36. The molecule has 0 saturated carbocycles. The highest BCUT2D eigenvalue weighted by molar-refractivity contribution is 5.79. The molecule has 0 saturated heterocycles. The van der Waals surface area contributed by atoms with E-state index in [0.29, 0.717) is 25.6 Å². The van der Waals surface area contributed by atoms with Gasteiger partial charge in [0.2, 0.25) is 5.88 Å². The molecule has 9 heteroatoms. The maximum atomic E-state index is 12.1. The molecule has 0 aliphatic carbocycles. The number of hydrogen-bond donors (Lipinski definition) is 2. The van der Waals surface area contributed by atoms with Crippen molar-refractivity contribution in [2.24, 2.45) is 4.99 Å². The number of ether oxygens (including phenoxy) is 2. The molecule has 1 aromatic carbocycles. The van der Waals surface area contributed by atoms with Crippen molar-refractivity contribution < 1.29 is 22.6 Å². The van der Waals surface area contributed by atoms with Crippen molar-refractivity contribution in [2.45, 2.75) is 26.2 Å². The third kappa shape index (κ3) is 7.73. The van der Waals surface area contributed by atoms with E-state index in [9.17, 15) is 13.2 Å². The molecule has 6 nitrogen and oxygen atoms in total. The Bertz CT molecular complexity index is 747. The largest absolute Gasteiger partial charge is 0.497 e. The minimum Gasteiger partial charge on any atom is -0.497 e. The third-order valence-corrected chi connectivity index (χ3v) is 3.56. The number of methoxy groups -OCH3 is 1. The van der Waals surface area contributed by atoms with Crippen molar-refractivity contribution in [3.63, 3.8) is 0 Å². The first-order chi connectivity index (χ1) is 13.4. The van der Waals surface area contributed by atoms with Crippen molar-refractivity contribution in [3.05, 3.63) is 53.7 Å². The van der Waals surface area contributed by atoms with Crippen LogP contribution >= 0.6 is 0 Å². The fourth-order valence-corrected chi connectivity index (χ4v) is 2.19. The van der Waals surface area contributed by atoms with E-state index in [1.807, 2.05) is 31.2 Å². The molecule has 1 aromatic heterocycles. The van der Waals surface area contributed by atoms with Gasteiger partial charge in [-0.2, -0.15) is 13.2 Å². The number of rotatable bonds is 8. The van der Waals surface area contributed by atoms with Gasteiger partial charge < -0.3 is 20.1 Å². The summed E-state index contributed by atoms with van der Waals surface area (Å²) in [4.78, 5) is 8.33. The Morgan fingerprint density at radius 1 is 1.07 bits per heavy atom. The third-order valence-electron chi connectivity index (χ3n) is 3.56. The number of pyridine rings is 1. The van der Waals surface area contributed by atoms with E-state index in [2.05, 4.69) is 25.3 Å². The zero-order valence-corrected chi connectivity index (χ0v) is 15.7. The Hall–Kier alpha value is -2.97. The summed E-state index contributed by atoms with van der Waals surface area (Å²) in [6.07, 6.45) is -2.94. The van der Waals surface area contributed by atoms with Gasteiger partial charge in [0.1, 0.15) is 5.75 Å². The first-order valence-corrected chi connectivity index (χ1v) is 8.69. The second kappa shape index (κ2) is 10.4. The fraction of sp³-hybridized carbons (Fsp3) is 0.368. The van der Waals surface area contributed by atoms with E-state index >= 15 is 0 Å². The highest BCUT2D eigenvalue weighted by Gasteiger charge is 2.28. The van der Waals surface area contributed by atoms with Crippen molar-refractivity contribution in [1.29, 1.82) is 0 Å². The number of alkyl halides is 3. The summed E-state index contributed by atoms with van der Waals surface area (Å²) >= 11 is 0. The van der Waals surface area contributed by atoms with E-state index < -0.39 is 12.8 Å². The summed E-state index contributed by atoms with van der Waals surface area (Å²) in [6, 6.07) is 10.7. The van der Waals surface area contributed by atoms with Crippen molar-refractivity contribution in [1.82, 2.24) is 15.6 Å². The molecule has 2 rings (SSSR count). The van der Waals surface area contributed by atoms with Crippen LogP contribution in [0.3, 0.4) is 0 Å². The molecule has 0 bridgehead atoms. The average molecular weight is 396 g/mol. The number of nitrogens with zero attached hydrogens (tertiary/aromatic N) is 2. The van der Waals surface area contributed by atoms with Crippen molar-refractivity contribution in [2.75, 3.05) is 20.3 Å². The first kappa shape index (κ1) is 21.3. The molecule has 0 fully saturated rings. The first-order valence-electron chi connectivity index (χ1n) is 8.69. The Balaban J connectivity index is 1.90. The molecule has 28 heavy (non-hydrogen) atoms. The molecule has 0 amide bonds. The summed E-state index contributed by atoms with van der Waals surface area (Å²) in [5.74, 6) is 1.34. The molecule has 0 aliphatic rings. The lowest BCUT2D eigenvalue weighted by atomic mass is 10.2. The van der Waals surface area contributed by atoms with E-state index in [4.69, 9.17) is 4.74 Å². The molecule has 0 unspecified atom stereocenters. The van der Waals surface area contributed by atoms with Gasteiger partial charge in [-0.15, -0.1) is 0 Å². The summed E-state index contributed by atoms with van der Waals surface area (Å²) in [6.45, 7) is 2.19. The molecule has 0 aliphatic heterocycles. The predicted octanol–water partition coefficient (Wildman–Crippen LogP) is 3.29. The lowest BCUT2D eigenvalue weighted by molar-refractivity contribution is -0.154. The van der Waals surface area contributed by atoms with Crippen LogP contribution in [-0.4, -0.2) is 37.4 Å². The quantitative estimate of drug-likeness (QED) is 0.530. The number of halogens is 3. The smallest absolute Gasteiger partial charge is 0.422 e. The van der Waals surface area contributed by atoms with Gasteiger partial charge in [0.15, 0.2) is 12.6 Å². The van der Waals surface area contributed by atoms with Gasteiger partial charge in [-0.25, -0.2) is 9.98 Å². The Kier molecular flexibility index (Phi) is 7.91. The molecule has 0 atom stereocenters. The molecular weight excluding hydrogens is 373 g/mol. The number of nitrogens with one attached hydrogen (secondary N) is 2. The summed E-state index contributed by atoms with van der Waals surface area (Å²) in [5.41, 5.74) is 1.82. The zero-order valence-electron chi connectivity index (χ0n) is 15.7. The Labute approximate surface area is 161 Å². The molecule has 2 aromatic rings. The second-order valence-electron chi connectivity index (χ2n) is 5.81. The number of aliphatic imine (C=N–C) groups is 1. The minimum absolute atomic E-state index is 0.0745. The molecule has 0 radical (unpaired) electrons. The van der Waals surface area contributed by atoms with Gasteiger partial charge in [0, 0.05) is 25.4 Å². The van der Waals surface area contributed by atoms with E-state index in [1.54, 1.807) is 13.2 Å². The summed E-state index contributed by atoms with van der Waals surface area (Å²) in [7, 11) is 1.62. The summed E-state index contributed by atoms with van der Waals surface area (Å²) < 4.78 is 46.2. The number of benzene rings is 1. The molecule has 1 heterocycles. The minimum atomic E-state index is -4.39. The normalized spacial score (nSPS) is 11.8. The fourth-order valence-electron chi connectivity index (χ4n) is 2.19. The van der Waals surface area contributed by atoms with Gasteiger partial charge in [-0.1, -0.05) is 18.2 Å². The molecule has 152 valence electrons. The van der Waals surface area contributed by atoms with Crippen LogP contribution in [0.1, 0.15) is 18.1 Å². The van der Waals surface area contributed by atoms with Crippen molar-refractivity contribution in [3.8, 4) is 11.6 Å². The van der Waals surface area contributed by atoms with Crippen LogP contribution in [0.5, 0.6) is 11.6 Å². The topological polar surface area (TPSA) is 67.8 Å². The van der Waals surface area contributed by atoms with E-state index in [0.717, 1.165) is 16.9 Å². The van der Waals surface area contributed by atoms with Gasteiger partial charge in [-0.05, 0) is 30.2 Å².